The van der Waals surface area contributed by atoms with Crippen molar-refractivity contribution < 1.29 is 37.9 Å². The van der Waals surface area contributed by atoms with E-state index in [1.54, 1.807) is 24.3 Å². The highest BCUT2D eigenvalue weighted by atomic mass is 32.2. The molecule has 0 saturated heterocycles. The first kappa shape index (κ1) is 26.7. The first-order chi connectivity index (χ1) is 16.1. The number of nitrogens with one attached hydrogen (secondary N) is 1. The lowest BCUT2D eigenvalue weighted by Gasteiger charge is -2.18. The Morgan fingerprint density at radius 2 is 1.23 bits per heavy atom. The molecule has 0 heterocycles. The lowest BCUT2D eigenvalue weighted by molar-refractivity contribution is 0.479. The number of anilines is 1. The minimum Gasteiger partial charge on any atom is -0.379 e. The maximum Gasteiger partial charge on any atom is 0.341 e. The maximum absolute atomic E-state index is 13.4. The third kappa shape index (κ3) is 6.60. The molecular formula is C21H21NO9S4. The van der Waals surface area contributed by atoms with Crippen LogP contribution in [0, 0.1) is 0 Å². The van der Waals surface area contributed by atoms with Gasteiger partial charge in [-0.1, -0.05) is 48.5 Å². The first-order valence-corrected chi connectivity index (χ1v) is 16.6. The third-order valence-electron chi connectivity index (χ3n) is 4.48. The molecule has 0 aliphatic rings. The SMILES string of the molecule is CS(=O)(=O)Nc1ccc(S(=O)(=O)Cc2ccccc2)c(S(=O)(=O)Oc2ccccc2)c1S(C)(=O)=O. The molecule has 0 unspecified atom stereocenters. The molecule has 0 bridgehead atoms. The van der Waals surface area contributed by atoms with E-state index in [0.29, 0.717) is 11.8 Å². The predicted octanol–water partition coefficient (Wildman–Crippen LogP) is 2.20. The summed E-state index contributed by atoms with van der Waals surface area (Å²) in [6, 6.07) is 16.6. The molecule has 10 nitrogen and oxygen atoms in total. The lowest BCUT2D eigenvalue weighted by Crippen LogP contribution is -2.22. The number of benzene rings is 3. The van der Waals surface area contributed by atoms with Gasteiger partial charge in [-0.2, -0.15) is 8.42 Å². The van der Waals surface area contributed by atoms with Crippen molar-refractivity contribution in [2.45, 2.75) is 20.4 Å². The largest absolute Gasteiger partial charge is 0.379 e. The minimum absolute atomic E-state index is 0.208. The molecule has 14 heteroatoms. The van der Waals surface area contributed by atoms with Gasteiger partial charge in [0.15, 0.2) is 19.7 Å². The summed E-state index contributed by atoms with van der Waals surface area (Å²) in [4.78, 5) is -3.09. The summed E-state index contributed by atoms with van der Waals surface area (Å²) in [6.45, 7) is 0. The van der Waals surface area contributed by atoms with Crippen LogP contribution in [0.2, 0.25) is 0 Å². The summed E-state index contributed by atoms with van der Waals surface area (Å²) in [6.07, 6.45) is 1.36. The quantitative estimate of drug-likeness (QED) is 0.388. The molecule has 0 saturated carbocycles. The minimum atomic E-state index is -5.10. The normalized spacial score (nSPS) is 12.7. The van der Waals surface area contributed by atoms with Crippen molar-refractivity contribution >= 4 is 45.5 Å². The molecule has 1 N–H and O–H groups in total. The van der Waals surface area contributed by atoms with Crippen molar-refractivity contribution in [2.24, 2.45) is 0 Å². The molecule has 0 fully saturated rings. The molecule has 0 radical (unpaired) electrons. The Bertz CT molecular complexity index is 1670. The van der Waals surface area contributed by atoms with Crippen LogP contribution in [0.1, 0.15) is 5.56 Å². The van der Waals surface area contributed by atoms with Crippen LogP contribution in [0.25, 0.3) is 0 Å². The van der Waals surface area contributed by atoms with Crippen molar-refractivity contribution in [3.63, 3.8) is 0 Å². The fourth-order valence-corrected chi connectivity index (χ4v) is 8.85. The second-order valence-electron chi connectivity index (χ2n) is 7.51. The van der Waals surface area contributed by atoms with Crippen LogP contribution in [-0.2, 0) is 45.6 Å². The van der Waals surface area contributed by atoms with E-state index in [1.807, 2.05) is 4.72 Å². The van der Waals surface area contributed by atoms with Gasteiger partial charge in [0.05, 0.1) is 22.6 Å². The Balaban J connectivity index is 2.38. The smallest absolute Gasteiger partial charge is 0.341 e. The van der Waals surface area contributed by atoms with Gasteiger partial charge in [-0.15, -0.1) is 0 Å². The number of sulfone groups is 2. The first-order valence-electron chi connectivity index (χ1n) is 9.71. The van der Waals surface area contributed by atoms with Gasteiger partial charge in [-0.3, -0.25) is 4.72 Å². The summed E-state index contributed by atoms with van der Waals surface area (Å²) in [7, 11) is -18.2. The zero-order valence-electron chi connectivity index (χ0n) is 18.4. The molecule has 0 aliphatic carbocycles. The highest BCUT2D eigenvalue weighted by Crippen LogP contribution is 2.37. The second-order valence-corrected chi connectivity index (χ2v) is 14.7. The number of sulfonamides is 1. The highest BCUT2D eigenvalue weighted by molar-refractivity contribution is 7.94. The molecule has 0 amide bonds. The average Bonchev–Trinajstić information content (AvgIpc) is 2.72. The monoisotopic (exact) mass is 559 g/mol. The topological polar surface area (TPSA) is 158 Å². The molecule has 0 spiro atoms. The number of para-hydroxylation sites is 1. The fraction of sp³-hybridized carbons (Fsp3) is 0.143. The van der Waals surface area contributed by atoms with Gasteiger partial charge >= 0.3 is 10.1 Å². The number of hydrogen-bond donors (Lipinski definition) is 1. The fourth-order valence-electron chi connectivity index (χ4n) is 3.19. The Hall–Kier alpha value is -2.94. The van der Waals surface area contributed by atoms with E-state index >= 15 is 0 Å². The highest BCUT2D eigenvalue weighted by Gasteiger charge is 2.37. The van der Waals surface area contributed by atoms with Gasteiger partial charge in [0.2, 0.25) is 10.0 Å². The summed E-state index contributed by atoms with van der Waals surface area (Å²) in [5, 5.41) is 0. The van der Waals surface area contributed by atoms with E-state index in [0.717, 1.165) is 18.4 Å². The Morgan fingerprint density at radius 1 is 0.686 bits per heavy atom. The summed E-state index contributed by atoms with van der Waals surface area (Å²) in [5.74, 6) is -0.858. The van der Waals surface area contributed by atoms with Gasteiger partial charge in [-0.05, 0) is 29.8 Å². The molecule has 3 aromatic rings. The summed E-state index contributed by atoms with van der Waals surface area (Å²) >= 11 is 0. The molecule has 0 atom stereocenters. The van der Waals surface area contributed by atoms with Crippen molar-refractivity contribution in [1.29, 1.82) is 0 Å². The second kappa shape index (κ2) is 9.60. The number of hydrogen-bond acceptors (Lipinski definition) is 9. The van der Waals surface area contributed by atoms with Crippen LogP contribution in [0.5, 0.6) is 5.75 Å². The molecule has 0 aromatic heterocycles. The van der Waals surface area contributed by atoms with E-state index in [4.69, 9.17) is 4.18 Å². The molecule has 3 aromatic carbocycles. The number of rotatable bonds is 9. The van der Waals surface area contributed by atoms with Gasteiger partial charge in [0, 0.05) is 6.26 Å². The predicted molar refractivity (Wildman–Crippen MR) is 130 cm³/mol. The zero-order chi connectivity index (χ0) is 26.1. The lowest BCUT2D eigenvalue weighted by atomic mass is 10.2. The van der Waals surface area contributed by atoms with Gasteiger partial charge in [0.1, 0.15) is 15.5 Å². The maximum atomic E-state index is 13.4. The molecule has 3 rings (SSSR count). The van der Waals surface area contributed by atoms with Crippen LogP contribution in [0.15, 0.2) is 87.5 Å². The van der Waals surface area contributed by atoms with E-state index in [1.165, 1.54) is 36.4 Å². The van der Waals surface area contributed by atoms with Gasteiger partial charge in [0.25, 0.3) is 0 Å². The zero-order valence-corrected chi connectivity index (χ0v) is 21.7. The van der Waals surface area contributed by atoms with E-state index in [9.17, 15) is 33.7 Å². The molecule has 35 heavy (non-hydrogen) atoms. The van der Waals surface area contributed by atoms with Crippen LogP contribution in [-0.4, -0.2) is 46.2 Å². The summed E-state index contributed by atoms with van der Waals surface area (Å²) in [5.41, 5.74) is -0.317. The van der Waals surface area contributed by atoms with Crippen LogP contribution < -0.4 is 8.91 Å². The van der Waals surface area contributed by atoms with Crippen LogP contribution in [0.3, 0.4) is 0 Å². The van der Waals surface area contributed by atoms with Crippen LogP contribution >= 0.6 is 0 Å². The Labute approximate surface area is 204 Å². The third-order valence-corrected chi connectivity index (χ3v) is 9.55. The molecule has 188 valence electrons. The molecule has 0 aliphatic heterocycles. The van der Waals surface area contributed by atoms with Gasteiger partial charge < -0.3 is 4.18 Å². The average molecular weight is 560 g/mol. The Kier molecular flexibility index (Phi) is 7.32. The standard InChI is InChI=1S/C21H21NO9S4/c1-32(23,24)20-18(22-33(2,25)26)13-14-19(34(27,28)15-16-9-5-3-6-10-16)21(20)35(29,30)31-17-11-7-4-8-12-17/h3-14,22H,15H2,1-2H3. The van der Waals surface area contributed by atoms with Crippen molar-refractivity contribution in [3.05, 3.63) is 78.4 Å². The Morgan fingerprint density at radius 3 is 1.74 bits per heavy atom. The van der Waals surface area contributed by atoms with Crippen molar-refractivity contribution in [1.82, 2.24) is 0 Å². The van der Waals surface area contributed by atoms with Gasteiger partial charge in [-0.25, -0.2) is 25.3 Å². The van der Waals surface area contributed by atoms with Crippen LogP contribution in [0.4, 0.5) is 5.69 Å². The van der Waals surface area contributed by atoms with Crippen molar-refractivity contribution in [3.8, 4) is 5.75 Å². The van der Waals surface area contributed by atoms with E-state index in [2.05, 4.69) is 0 Å². The molecular weight excluding hydrogens is 538 g/mol. The van der Waals surface area contributed by atoms with E-state index < -0.39 is 65.9 Å². The van der Waals surface area contributed by atoms with Crippen molar-refractivity contribution in [2.75, 3.05) is 17.2 Å². The van der Waals surface area contributed by atoms with E-state index in [-0.39, 0.29) is 5.75 Å². The summed E-state index contributed by atoms with van der Waals surface area (Å²) < 4.78 is 110.